The van der Waals surface area contributed by atoms with Gasteiger partial charge in [0.25, 0.3) is 0 Å². The van der Waals surface area contributed by atoms with Crippen molar-refractivity contribution >= 4 is 23.8 Å². The number of rotatable bonds is 11. The van der Waals surface area contributed by atoms with Crippen molar-refractivity contribution in [2.75, 3.05) is 0 Å². The maximum Gasteiger partial charge on any atom is 0.326 e. The van der Waals surface area contributed by atoms with Crippen molar-refractivity contribution in [1.29, 1.82) is 0 Å². The van der Waals surface area contributed by atoms with E-state index >= 15 is 0 Å². The third-order valence-electron chi connectivity index (χ3n) is 3.69. The van der Waals surface area contributed by atoms with E-state index in [0.717, 1.165) is 5.56 Å². The van der Waals surface area contributed by atoms with Crippen LogP contribution in [-0.2, 0) is 25.6 Å². The van der Waals surface area contributed by atoms with Crippen LogP contribution in [0.5, 0.6) is 0 Å². The number of benzene rings is 1. The highest BCUT2D eigenvalue weighted by atomic mass is 16.4. The summed E-state index contributed by atoms with van der Waals surface area (Å²) in [6.07, 6.45) is -0.501. The average molecular weight is 351 g/mol. The average Bonchev–Trinajstić information content (AvgIpc) is 2.54. The van der Waals surface area contributed by atoms with Crippen LogP contribution in [0.3, 0.4) is 0 Å². The monoisotopic (exact) mass is 351 g/mol. The van der Waals surface area contributed by atoms with Gasteiger partial charge in [-0.25, -0.2) is 4.79 Å². The maximum atomic E-state index is 11.9. The zero-order chi connectivity index (χ0) is 18.8. The lowest BCUT2D eigenvalue weighted by Gasteiger charge is -2.16. The normalized spacial score (nSPS) is 12.8. The molecular formula is C17H21NO7. The van der Waals surface area contributed by atoms with Crippen LogP contribution in [-0.4, -0.2) is 45.2 Å². The third kappa shape index (κ3) is 7.96. The second-order valence-corrected chi connectivity index (χ2v) is 5.65. The summed E-state index contributed by atoms with van der Waals surface area (Å²) < 4.78 is 0. The standard InChI is InChI=1S/C17H21NO7/c19-14(8-6-12(16(22)23)7-9-15(20)21)18-13(17(24)25)10-11-4-2-1-3-5-11/h1-5,12-13H,6-10H2,(H,18,19)(H,20,21)(H,22,23)(H,24,25)/t12-,13+/m0/s1. The number of carbonyl (C=O) groups is 4. The van der Waals surface area contributed by atoms with Crippen molar-refractivity contribution in [2.24, 2.45) is 5.92 Å². The topological polar surface area (TPSA) is 141 Å². The molecule has 0 spiro atoms. The van der Waals surface area contributed by atoms with E-state index in [-0.39, 0.29) is 32.1 Å². The quantitative estimate of drug-likeness (QED) is 0.468. The van der Waals surface area contributed by atoms with Crippen LogP contribution in [0.4, 0.5) is 0 Å². The van der Waals surface area contributed by atoms with E-state index in [4.69, 9.17) is 10.2 Å². The van der Waals surface area contributed by atoms with Gasteiger partial charge in [0.05, 0.1) is 5.92 Å². The van der Waals surface area contributed by atoms with E-state index in [0.29, 0.717) is 0 Å². The Labute approximate surface area is 144 Å². The molecule has 0 saturated heterocycles. The van der Waals surface area contributed by atoms with Crippen molar-refractivity contribution in [3.8, 4) is 0 Å². The van der Waals surface area contributed by atoms with Gasteiger partial charge in [-0.1, -0.05) is 30.3 Å². The van der Waals surface area contributed by atoms with E-state index in [1.54, 1.807) is 30.3 Å². The zero-order valence-corrected chi connectivity index (χ0v) is 13.6. The van der Waals surface area contributed by atoms with Crippen molar-refractivity contribution < 1.29 is 34.5 Å². The smallest absolute Gasteiger partial charge is 0.326 e. The summed E-state index contributed by atoms with van der Waals surface area (Å²) in [5, 5.41) is 29.2. The molecule has 136 valence electrons. The molecule has 2 atom stereocenters. The van der Waals surface area contributed by atoms with Crippen LogP contribution in [0.2, 0.25) is 0 Å². The minimum absolute atomic E-state index is 0.0495. The molecule has 0 unspecified atom stereocenters. The Balaban J connectivity index is 2.55. The van der Waals surface area contributed by atoms with Gasteiger partial charge in [-0.05, 0) is 18.4 Å². The first-order valence-electron chi connectivity index (χ1n) is 7.80. The lowest BCUT2D eigenvalue weighted by atomic mass is 9.97. The minimum Gasteiger partial charge on any atom is -0.481 e. The molecule has 1 aromatic rings. The fourth-order valence-electron chi connectivity index (χ4n) is 2.31. The fraction of sp³-hybridized carbons (Fsp3) is 0.412. The molecule has 0 fully saturated rings. The maximum absolute atomic E-state index is 11.9. The van der Waals surface area contributed by atoms with Gasteiger partial charge in [-0.15, -0.1) is 0 Å². The van der Waals surface area contributed by atoms with E-state index in [2.05, 4.69) is 5.32 Å². The number of aliphatic carboxylic acids is 3. The number of hydrogen-bond donors (Lipinski definition) is 4. The Bertz CT molecular complexity index is 615. The third-order valence-corrected chi connectivity index (χ3v) is 3.69. The lowest BCUT2D eigenvalue weighted by molar-refractivity contribution is -0.144. The van der Waals surface area contributed by atoms with Gasteiger partial charge in [0, 0.05) is 19.3 Å². The molecule has 0 aliphatic heterocycles. The van der Waals surface area contributed by atoms with Gasteiger partial charge in [-0.3, -0.25) is 14.4 Å². The van der Waals surface area contributed by atoms with Crippen molar-refractivity contribution in [3.05, 3.63) is 35.9 Å². The predicted molar refractivity (Wildman–Crippen MR) is 86.9 cm³/mol. The number of carboxylic acid groups (broad SMARTS) is 3. The van der Waals surface area contributed by atoms with Crippen LogP contribution in [0.25, 0.3) is 0 Å². The second kappa shape index (κ2) is 10.1. The number of carboxylic acids is 3. The first kappa shape index (κ1) is 20.1. The molecule has 0 aromatic heterocycles. The van der Waals surface area contributed by atoms with E-state index in [9.17, 15) is 24.3 Å². The summed E-state index contributed by atoms with van der Waals surface area (Å²) >= 11 is 0. The molecule has 1 aromatic carbocycles. The van der Waals surface area contributed by atoms with Crippen molar-refractivity contribution in [3.63, 3.8) is 0 Å². The molecule has 0 heterocycles. The summed E-state index contributed by atoms with van der Waals surface area (Å²) in [6.45, 7) is 0. The van der Waals surface area contributed by atoms with Crippen molar-refractivity contribution in [1.82, 2.24) is 5.32 Å². The van der Waals surface area contributed by atoms with Crippen LogP contribution in [0.15, 0.2) is 30.3 Å². The molecule has 25 heavy (non-hydrogen) atoms. The molecule has 0 saturated carbocycles. The van der Waals surface area contributed by atoms with Crippen LogP contribution in [0.1, 0.15) is 31.2 Å². The SMILES string of the molecule is O=C(O)CC[C@H](CCC(=O)N[C@H](Cc1ccccc1)C(=O)O)C(=O)O. The Kier molecular flexibility index (Phi) is 8.11. The van der Waals surface area contributed by atoms with Gasteiger partial charge < -0.3 is 20.6 Å². The zero-order valence-electron chi connectivity index (χ0n) is 13.6. The van der Waals surface area contributed by atoms with Gasteiger partial charge in [0.2, 0.25) is 5.91 Å². The van der Waals surface area contributed by atoms with Crippen LogP contribution >= 0.6 is 0 Å². The molecule has 0 aliphatic rings. The number of nitrogens with one attached hydrogen (secondary N) is 1. The van der Waals surface area contributed by atoms with Gasteiger partial charge in [0.15, 0.2) is 0 Å². The molecule has 0 bridgehead atoms. The van der Waals surface area contributed by atoms with E-state index in [1.165, 1.54) is 0 Å². The van der Waals surface area contributed by atoms with E-state index < -0.39 is 35.8 Å². The van der Waals surface area contributed by atoms with Gasteiger partial charge >= 0.3 is 17.9 Å². The lowest BCUT2D eigenvalue weighted by Crippen LogP contribution is -2.42. The van der Waals surface area contributed by atoms with Crippen LogP contribution < -0.4 is 5.32 Å². The number of carbonyl (C=O) groups excluding carboxylic acids is 1. The summed E-state index contributed by atoms with van der Waals surface area (Å²) in [6, 6.07) is 7.69. The fourth-order valence-corrected chi connectivity index (χ4v) is 2.31. The molecular weight excluding hydrogens is 330 g/mol. The summed E-state index contributed by atoms with van der Waals surface area (Å²) in [5.41, 5.74) is 0.750. The van der Waals surface area contributed by atoms with Crippen molar-refractivity contribution in [2.45, 2.75) is 38.1 Å². The summed E-state index contributed by atoms with van der Waals surface area (Å²) in [5.74, 6) is -5.00. The predicted octanol–water partition coefficient (Wildman–Crippen LogP) is 1.14. The first-order valence-corrected chi connectivity index (χ1v) is 7.80. The molecule has 1 rings (SSSR count). The van der Waals surface area contributed by atoms with E-state index in [1.807, 2.05) is 0 Å². The van der Waals surface area contributed by atoms with Crippen LogP contribution in [0, 0.1) is 5.92 Å². The Morgan fingerprint density at radius 3 is 2.00 bits per heavy atom. The first-order chi connectivity index (χ1) is 11.8. The highest BCUT2D eigenvalue weighted by molar-refractivity contribution is 5.84. The number of amides is 1. The molecule has 4 N–H and O–H groups in total. The van der Waals surface area contributed by atoms with Gasteiger partial charge in [0.1, 0.15) is 6.04 Å². The second-order valence-electron chi connectivity index (χ2n) is 5.65. The molecule has 0 radical (unpaired) electrons. The largest absolute Gasteiger partial charge is 0.481 e. The Morgan fingerprint density at radius 2 is 1.48 bits per heavy atom. The number of hydrogen-bond acceptors (Lipinski definition) is 4. The minimum atomic E-state index is -1.18. The molecule has 8 heteroatoms. The summed E-state index contributed by atoms with van der Waals surface area (Å²) in [4.78, 5) is 44.8. The van der Waals surface area contributed by atoms with Gasteiger partial charge in [-0.2, -0.15) is 0 Å². The molecule has 8 nitrogen and oxygen atoms in total. The molecule has 1 amide bonds. The summed E-state index contributed by atoms with van der Waals surface area (Å²) in [7, 11) is 0. The Hall–Kier alpha value is -2.90. The highest BCUT2D eigenvalue weighted by Gasteiger charge is 2.23. The molecule has 0 aliphatic carbocycles. The Morgan fingerprint density at radius 1 is 0.880 bits per heavy atom. The highest BCUT2D eigenvalue weighted by Crippen LogP contribution is 2.14.